The van der Waals surface area contributed by atoms with Gasteiger partial charge in [0.2, 0.25) is 0 Å². The first kappa shape index (κ1) is 17.3. The number of rotatable bonds is 3. The first-order valence-corrected chi connectivity index (χ1v) is 8.54. The van der Waals surface area contributed by atoms with Crippen LogP contribution in [0.15, 0.2) is 36.4 Å². The smallest absolute Gasteiger partial charge is 0.253 e. The van der Waals surface area contributed by atoms with E-state index in [-0.39, 0.29) is 11.7 Å². The Bertz CT molecular complexity index is 763. The third-order valence-electron chi connectivity index (χ3n) is 4.86. The summed E-state index contributed by atoms with van der Waals surface area (Å²) in [7, 11) is 0. The van der Waals surface area contributed by atoms with Crippen molar-refractivity contribution >= 4 is 5.91 Å². The molecule has 5 nitrogen and oxygen atoms in total. The van der Waals surface area contributed by atoms with Crippen molar-refractivity contribution < 1.29 is 15.0 Å². The summed E-state index contributed by atoms with van der Waals surface area (Å²) in [6, 6.07) is 10.2. The molecule has 25 heavy (non-hydrogen) atoms. The molecule has 0 atom stereocenters. The molecule has 3 rings (SSSR count). The predicted octanol–water partition coefficient (Wildman–Crippen LogP) is 2.67. The molecule has 1 amide bonds. The number of hydrogen-bond acceptors (Lipinski definition) is 4. The number of carbonyl (C=O) groups excluding carboxylic acids is 1. The number of amides is 1. The van der Waals surface area contributed by atoms with E-state index in [4.69, 9.17) is 0 Å². The highest BCUT2D eigenvalue weighted by atomic mass is 16.3. The minimum absolute atomic E-state index is 0.00585. The van der Waals surface area contributed by atoms with Crippen molar-refractivity contribution in [2.24, 2.45) is 0 Å². The van der Waals surface area contributed by atoms with Crippen molar-refractivity contribution in [2.45, 2.75) is 20.4 Å². The molecule has 5 heteroatoms. The van der Waals surface area contributed by atoms with Crippen LogP contribution in [0.3, 0.4) is 0 Å². The van der Waals surface area contributed by atoms with E-state index in [9.17, 15) is 15.0 Å². The molecular formula is C20H24N2O3. The van der Waals surface area contributed by atoms with Gasteiger partial charge in [-0.25, -0.2) is 0 Å². The van der Waals surface area contributed by atoms with Crippen LogP contribution in [0.2, 0.25) is 0 Å². The van der Waals surface area contributed by atoms with Gasteiger partial charge in [0.15, 0.2) is 0 Å². The maximum absolute atomic E-state index is 12.5. The van der Waals surface area contributed by atoms with Gasteiger partial charge < -0.3 is 15.1 Å². The summed E-state index contributed by atoms with van der Waals surface area (Å²) in [4.78, 5) is 16.6. The lowest BCUT2D eigenvalue weighted by Crippen LogP contribution is -2.48. The van der Waals surface area contributed by atoms with Crippen LogP contribution in [0.5, 0.6) is 11.5 Å². The summed E-state index contributed by atoms with van der Waals surface area (Å²) in [5.74, 6) is 0.494. The molecule has 2 aromatic carbocycles. The number of phenols is 2. The lowest BCUT2D eigenvalue weighted by Gasteiger charge is -2.35. The summed E-state index contributed by atoms with van der Waals surface area (Å²) < 4.78 is 0. The SMILES string of the molecule is Cc1cc(O)c(CN2CCN(C(=O)c3ccc(O)cc3)CC2)cc1C. The maximum atomic E-state index is 12.5. The first-order chi connectivity index (χ1) is 11.9. The molecule has 1 aliphatic heterocycles. The fourth-order valence-electron chi connectivity index (χ4n) is 3.12. The Morgan fingerprint density at radius 3 is 2.20 bits per heavy atom. The van der Waals surface area contributed by atoms with Gasteiger partial charge in [0, 0.05) is 43.9 Å². The van der Waals surface area contributed by atoms with Crippen LogP contribution in [0.25, 0.3) is 0 Å². The first-order valence-electron chi connectivity index (χ1n) is 8.54. The second-order valence-corrected chi connectivity index (χ2v) is 6.68. The number of carbonyl (C=O) groups is 1. The zero-order valence-electron chi connectivity index (χ0n) is 14.7. The molecule has 1 fully saturated rings. The Balaban J connectivity index is 1.59. The Morgan fingerprint density at radius 2 is 1.56 bits per heavy atom. The summed E-state index contributed by atoms with van der Waals surface area (Å²) in [6.45, 7) is 7.59. The zero-order valence-corrected chi connectivity index (χ0v) is 14.7. The van der Waals surface area contributed by atoms with Crippen molar-refractivity contribution in [3.05, 3.63) is 58.7 Å². The molecule has 2 aromatic rings. The number of aryl methyl sites for hydroxylation is 2. The standard InChI is InChI=1S/C20H24N2O3/c1-14-11-17(19(24)12-15(14)2)13-21-7-9-22(10-8-21)20(25)16-3-5-18(23)6-4-16/h3-6,11-12,23-24H,7-10,13H2,1-2H3. The molecule has 132 valence electrons. The molecular weight excluding hydrogens is 316 g/mol. The van der Waals surface area contributed by atoms with Crippen molar-refractivity contribution in [2.75, 3.05) is 26.2 Å². The Morgan fingerprint density at radius 1 is 0.960 bits per heavy atom. The number of piperazine rings is 1. The average Bonchev–Trinajstić information content (AvgIpc) is 2.60. The summed E-state index contributed by atoms with van der Waals surface area (Å²) in [6.07, 6.45) is 0. The third-order valence-corrected chi connectivity index (χ3v) is 4.86. The van der Waals surface area contributed by atoms with Gasteiger partial charge in [-0.1, -0.05) is 6.07 Å². The van der Waals surface area contributed by atoms with Gasteiger partial charge >= 0.3 is 0 Å². The van der Waals surface area contributed by atoms with E-state index in [2.05, 4.69) is 4.90 Å². The van der Waals surface area contributed by atoms with Gasteiger partial charge in [-0.3, -0.25) is 9.69 Å². The van der Waals surface area contributed by atoms with Crippen LogP contribution in [0.4, 0.5) is 0 Å². The molecule has 1 aliphatic rings. The van der Waals surface area contributed by atoms with Crippen LogP contribution < -0.4 is 0 Å². The molecule has 2 N–H and O–H groups in total. The Hall–Kier alpha value is -2.53. The van der Waals surface area contributed by atoms with Gasteiger partial charge in [0.1, 0.15) is 11.5 Å². The zero-order chi connectivity index (χ0) is 18.0. The normalized spacial score (nSPS) is 15.4. The minimum atomic E-state index is -0.00585. The number of benzene rings is 2. The quantitative estimate of drug-likeness (QED) is 0.902. The molecule has 1 heterocycles. The van der Waals surface area contributed by atoms with E-state index in [1.54, 1.807) is 12.1 Å². The molecule has 0 aromatic heterocycles. The maximum Gasteiger partial charge on any atom is 0.253 e. The van der Waals surface area contributed by atoms with Crippen LogP contribution >= 0.6 is 0 Å². The lowest BCUT2D eigenvalue weighted by atomic mass is 10.0. The molecule has 0 unspecified atom stereocenters. The Kier molecular flexibility index (Phi) is 4.95. The van der Waals surface area contributed by atoms with Gasteiger partial charge in [0.05, 0.1) is 0 Å². The van der Waals surface area contributed by atoms with Crippen LogP contribution in [0.1, 0.15) is 27.0 Å². The van der Waals surface area contributed by atoms with Gasteiger partial charge in [-0.05, 0) is 55.3 Å². The number of aromatic hydroxyl groups is 2. The molecule has 0 bridgehead atoms. The average molecular weight is 340 g/mol. The van der Waals surface area contributed by atoms with Crippen LogP contribution in [0, 0.1) is 13.8 Å². The third kappa shape index (κ3) is 3.94. The summed E-state index contributed by atoms with van der Waals surface area (Å²) in [5.41, 5.74) is 3.79. The molecule has 0 spiro atoms. The fraction of sp³-hybridized carbons (Fsp3) is 0.350. The monoisotopic (exact) mass is 340 g/mol. The van der Waals surface area contributed by atoms with Crippen LogP contribution in [-0.4, -0.2) is 52.1 Å². The number of nitrogens with zero attached hydrogens (tertiary/aromatic N) is 2. The molecule has 0 aliphatic carbocycles. The highest BCUT2D eigenvalue weighted by Crippen LogP contribution is 2.24. The van der Waals surface area contributed by atoms with E-state index >= 15 is 0 Å². The molecule has 0 radical (unpaired) electrons. The van der Waals surface area contributed by atoms with E-state index in [0.717, 1.165) is 24.2 Å². The van der Waals surface area contributed by atoms with E-state index in [1.165, 1.54) is 17.7 Å². The number of hydrogen-bond donors (Lipinski definition) is 2. The van der Waals surface area contributed by atoms with E-state index in [0.29, 0.717) is 30.9 Å². The predicted molar refractivity (Wildman–Crippen MR) is 96.9 cm³/mol. The minimum Gasteiger partial charge on any atom is -0.508 e. The second kappa shape index (κ2) is 7.15. The second-order valence-electron chi connectivity index (χ2n) is 6.68. The van der Waals surface area contributed by atoms with Gasteiger partial charge in [0.25, 0.3) is 5.91 Å². The molecule has 1 saturated heterocycles. The topological polar surface area (TPSA) is 64.0 Å². The van der Waals surface area contributed by atoms with Crippen molar-refractivity contribution in [3.63, 3.8) is 0 Å². The van der Waals surface area contributed by atoms with E-state index < -0.39 is 0 Å². The summed E-state index contributed by atoms with van der Waals surface area (Å²) in [5, 5.41) is 19.5. The highest BCUT2D eigenvalue weighted by molar-refractivity contribution is 5.94. The van der Waals surface area contributed by atoms with Crippen LogP contribution in [-0.2, 0) is 6.54 Å². The Labute approximate surface area is 148 Å². The highest BCUT2D eigenvalue weighted by Gasteiger charge is 2.22. The fourth-order valence-corrected chi connectivity index (χ4v) is 3.12. The lowest BCUT2D eigenvalue weighted by molar-refractivity contribution is 0.0627. The molecule has 0 saturated carbocycles. The largest absolute Gasteiger partial charge is 0.508 e. The van der Waals surface area contributed by atoms with Gasteiger partial charge in [-0.15, -0.1) is 0 Å². The van der Waals surface area contributed by atoms with Gasteiger partial charge in [-0.2, -0.15) is 0 Å². The summed E-state index contributed by atoms with van der Waals surface area (Å²) >= 11 is 0. The van der Waals surface area contributed by atoms with Crippen molar-refractivity contribution in [1.29, 1.82) is 0 Å². The van der Waals surface area contributed by atoms with Crippen molar-refractivity contribution in [1.82, 2.24) is 9.80 Å². The number of phenolic OH excluding ortho intramolecular Hbond substituents is 2. The van der Waals surface area contributed by atoms with E-state index in [1.807, 2.05) is 30.9 Å². The van der Waals surface area contributed by atoms with Crippen molar-refractivity contribution in [3.8, 4) is 11.5 Å².